The van der Waals surface area contributed by atoms with Crippen LogP contribution in [0.4, 0.5) is 5.69 Å². The summed E-state index contributed by atoms with van der Waals surface area (Å²) in [4.78, 5) is 2.13. The van der Waals surface area contributed by atoms with Crippen molar-refractivity contribution in [2.45, 2.75) is 13.1 Å². The molecule has 0 saturated heterocycles. The fourth-order valence-corrected chi connectivity index (χ4v) is 2.33. The van der Waals surface area contributed by atoms with Gasteiger partial charge in [0.05, 0.1) is 19.3 Å². The Bertz CT molecular complexity index is 567. The molecule has 0 unspecified atom stereocenters. The predicted octanol–water partition coefficient (Wildman–Crippen LogP) is 3.72. The number of ether oxygens (including phenoxy) is 1. The van der Waals surface area contributed by atoms with E-state index in [1.165, 1.54) is 5.56 Å². The zero-order valence-corrected chi connectivity index (χ0v) is 13.5. The van der Waals surface area contributed by atoms with Crippen molar-refractivity contribution in [3.05, 3.63) is 46.3 Å². The minimum absolute atomic E-state index is 0.618. The van der Waals surface area contributed by atoms with Gasteiger partial charge in [-0.15, -0.1) is 0 Å². The third-order valence-corrected chi connectivity index (χ3v) is 3.27. The summed E-state index contributed by atoms with van der Waals surface area (Å²) < 4.78 is 11.6. The lowest BCUT2D eigenvalue weighted by molar-refractivity contribution is 0.400. The lowest BCUT2D eigenvalue weighted by Crippen LogP contribution is -2.11. The topological polar surface area (TPSA) is 37.6 Å². The lowest BCUT2D eigenvalue weighted by Gasteiger charge is -2.14. The van der Waals surface area contributed by atoms with Gasteiger partial charge < -0.3 is 19.4 Å². The molecule has 2 aromatic rings. The highest BCUT2D eigenvalue weighted by atomic mass is 79.9. The smallest absolute Gasteiger partial charge is 0.169 e. The van der Waals surface area contributed by atoms with Crippen LogP contribution in [0.1, 0.15) is 11.3 Å². The maximum atomic E-state index is 5.48. The Balaban J connectivity index is 2.11. The van der Waals surface area contributed by atoms with Crippen LogP contribution in [-0.4, -0.2) is 26.1 Å². The Hall–Kier alpha value is -1.46. The molecule has 5 heteroatoms. The van der Waals surface area contributed by atoms with Gasteiger partial charge in [-0.3, -0.25) is 0 Å². The molecule has 1 heterocycles. The van der Waals surface area contributed by atoms with Gasteiger partial charge in [-0.25, -0.2) is 0 Å². The number of methoxy groups -OCH3 is 1. The molecule has 0 aliphatic heterocycles. The van der Waals surface area contributed by atoms with Gasteiger partial charge in [0.1, 0.15) is 11.5 Å². The molecule has 0 radical (unpaired) electrons. The second-order valence-electron chi connectivity index (χ2n) is 4.83. The third-order valence-electron chi connectivity index (χ3n) is 2.84. The Kier molecular flexibility index (Phi) is 5.09. The van der Waals surface area contributed by atoms with E-state index in [4.69, 9.17) is 9.15 Å². The van der Waals surface area contributed by atoms with E-state index in [-0.39, 0.29) is 0 Å². The molecule has 2 rings (SSSR count). The lowest BCUT2D eigenvalue weighted by atomic mass is 10.1. The predicted molar refractivity (Wildman–Crippen MR) is 84.1 cm³/mol. The fraction of sp³-hybridized carbons (Fsp3) is 0.333. The van der Waals surface area contributed by atoms with Gasteiger partial charge in [-0.05, 0) is 59.9 Å². The van der Waals surface area contributed by atoms with E-state index in [1.54, 1.807) is 7.11 Å². The van der Waals surface area contributed by atoms with Gasteiger partial charge in [0.2, 0.25) is 0 Å². The average molecular weight is 339 g/mol. The molecular formula is C15H19BrN2O2. The summed E-state index contributed by atoms with van der Waals surface area (Å²) in [6, 6.07) is 9.99. The summed E-state index contributed by atoms with van der Waals surface area (Å²) in [6.07, 6.45) is 0. The highest BCUT2D eigenvalue weighted by Gasteiger charge is 2.06. The van der Waals surface area contributed by atoms with Crippen molar-refractivity contribution >= 4 is 21.6 Å². The van der Waals surface area contributed by atoms with Crippen LogP contribution in [0.15, 0.2) is 39.4 Å². The highest BCUT2D eigenvalue weighted by molar-refractivity contribution is 9.10. The van der Waals surface area contributed by atoms with Crippen LogP contribution in [0.25, 0.3) is 0 Å². The summed E-state index contributed by atoms with van der Waals surface area (Å²) in [7, 11) is 5.78. The molecular weight excluding hydrogens is 320 g/mol. The molecule has 4 nitrogen and oxygen atoms in total. The number of nitrogens with one attached hydrogen (secondary N) is 1. The molecule has 0 spiro atoms. The maximum absolute atomic E-state index is 5.48. The van der Waals surface area contributed by atoms with E-state index >= 15 is 0 Å². The molecule has 108 valence electrons. The highest BCUT2D eigenvalue weighted by Crippen LogP contribution is 2.27. The van der Waals surface area contributed by atoms with Crippen molar-refractivity contribution < 1.29 is 9.15 Å². The normalized spacial score (nSPS) is 10.8. The molecule has 0 aliphatic rings. The SMILES string of the molecule is COc1ccc(CN(C)C)cc1NCc1ccc(Br)o1. The van der Waals surface area contributed by atoms with Gasteiger partial charge in [0.15, 0.2) is 4.67 Å². The number of hydrogen-bond acceptors (Lipinski definition) is 4. The van der Waals surface area contributed by atoms with Crippen molar-refractivity contribution in [1.29, 1.82) is 0 Å². The van der Waals surface area contributed by atoms with Gasteiger partial charge in [-0.1, -0.05) is 6.07 Å². The van der Waals surface area contributed by atoms with Crippen molar-refractivity contribution in [1.82, 2.24) is 4.90 Å². The zero-order valence-electron chi connectivity index (χ0n) is 11.9. The molecule has 0 saturated carbocycles. The van der Waals surface area contributed by atoms with Gasteiger partial charge in [0, 0.05) is 6.54 Å². The van der Waals surface area contributed by atoms with Crippen LogP contribution in [0.2, 0.25) is 0 Å². The van der Waals surface area contributed by atoms with E-state index in [2.05, 4.69) is 52.4 Å². The van der Waals surface area contributed by atoms with E-state index in [0.717, 1.165) is 28.4 Å². The molecule has 0 atom stereocenters. The van der Waals surface area contributed by atoms with Crippen molar-refractivity contribution in [2.24, 2.45) is 0 Å². The summed E-state index contributed by atoms with van der Waals surface area (Å²) in [5, 5.41) is 3.35. The number of anilines is 1. The standard InChI is InChI=1S/C15H19BrN2O2/c1-18(2)10-11-4-6-14(19-3)13(8-11)17-9-12-5-7-15(16)20-12/h4-8,17H,9-10H2,1-3H3. The average Bonchev–Trinajstić information content (AvgIpc) is 2.82. The number of hydrogen-bond donors (Lipinski definition) is 1. The van der Waals surface area contributed by atoms with E-state index in [0.29, 0.717) is 6.54 Å². The summed E-state index contributed by atoms with van der Waals surface area (Å²) in [6.45, 7) is 1.51. The van der Waals surface area contributed by atoms with Gasteiger partial charge in [-0.2, -0.15) is 0 Å². The Morgan fingerprint density at radius 2 is 2.05 bits per heavy atom. The molecule has 0 bridgehead atoms. The number of rotatable bonds is 6. The van der Waals surface area contributed by atoms with Crippen LogP contribution >= 0.6 is 15.9 Å². The molecule has 1 aromatic carbocycles. The summed E-state index contributed by atoms with van der Waals surface area (Å²) in [5.74, 6) is 1.70. The van der Waals surface area contributed by atoms with Crippen molar-refractivity contribution in [3.63, 3.8) is 0 Å². The number of halogens is 1. The second-order valence-corrected chi connectivity index (χ2v) is 5.61. The first-order valence-electron chi connectivity index (χ1n) is 6.38. The number of nitrogens with zero attached hydrogens (tertiary/aromatic N) is 1. The Labute approximate surface area is 127 Å². The van der Waals surface area contributed by atoms with E-state index in [1.807, 2.05) is 18.2 Å². The second kappa shape index (κ2) is 6.81. The molecule has 1 N–H and O–H groups in total. The van der Waals surface area contributed by atoms with Crippen LogP contribution in [0.3, 0.4) is 0 Å². The van der Waals surface area contributed by atoms with Crippen LogP contribution in [-0.2, 0) is 13.1 Å². The molecule has 0 amide bonds. The number of furan rings is 1. The van der Waals surface area contributed by atoms with Crippen molar-refractivity contribution in [3.8, 4) is 5.75 Å². The van der Waals surface area contributed by atoms with E-state index < -0.39 is 0 Å². The third kappa shape index (κ3) is 4.02. The minimum atomic E-state index is 0.618. The monoisotopic (exact) mass is 338 g/mol. The largest absolute Gasteiger partial charge is 0.495 e. The molecule has 0 fully saturated rings. The molecule has 20 heavy (non-hydrogen) atoms. The van der Waals surface area contributed by atoms with Gasteiger partial charge in [0.25, 0.3) is 0 Å². The van der Waals surface area contributed by atoms with Crippen LogP contribution in [0, 0.1) is 0 Å². The summed E-state index contributed by atoms with van der Waals surface area (Å²) in [5.41, 5.74) is 2.21. The maximum Gasteiger partial charge on any atom is 0.169 e. The first-order chi connectivity index (χ1) is 9.58. The quantitative estimate of drug-likeness (QED) is 0.870. The van der Waals surface area contributed by atoms with Gasteiger partial charge >= 0.3 is 0 Å². The van der Waals surface area contributed by atoms with Crippen molar-refractivity contribution in [2.75, 3.05) is 26.5 Å². The zero-order chi connectivity index (χ0) is 14.5. The first-order valence-corrected chi connectivity index (χ1v) is 7.17. The first kappa shape index (κ1) is 14.9. The summed E-state index contributed by atoms with van der Waals surface area (Å²) >= 11 is 3.30. The van der Waals surface area contributed by atoms with Crippen LogP contribution in [0.5, 0.6) is 5.75 Å². The van der Waals surface area contributed by atoms with Crippen LogP contribution < -0.4 is 10.1 Å². The molecule has 1 aromatic heterocycles. The molecule has 0 aliphatic carbocycles. The fourth-order valence-electron chi connectivity index (χ4n) is 1.99. The van der Waals surface area contributed by atoms with E-state index in [9.17, 15) is 0 Å². The Morgan fingerprint density at radius 3 is 2.65 bits per heavy atom. The minimum Gasteiger partial charge on any atom is -0.495 e. The number of benzene rings is 1. The Morgan fingerprint density at radius 1 is 1.25 bits per heavy atom.